The molecule has 0 aliphatic heterocycles. The number of rotatable bonds is 17. The van der Waals surface area contributed by atoms with Gasteiger partial charge in [-0.25, -0.2) is 0 Å². The molecule has 0 aromatic rings. The van der Waals surface area contributed by atoms with Crippen molar-refractivity contribution in [1.82, 2.24) is 0 Å². The number of ketones is 4. The van der Waals surface area contributed by atoms with Crippen LogP contribution in [0.4, 0.5) is 0 Å². The van der Waals surface area contributed by atoms with E-state index in [0.717, 1.165) is 24.3 Å². The van der Waals surface area contributed by atoms with Gasteiger partial charge in [0, 0.05) is 47.5 Å². The first-order valence-electron chi connectivity index (χ1n) is 9.71. The molecule has 26 heavy (non-hydrogen) atoms. The van der Waals surface area contributed by atoms with Crippen LogP contribution < -0.4 is 0 Å². The fraction of sp³-hybridized carbons (Fsp3) is 0.800. The largest absolute Gasteiger partial charge is 0.294 e. The Kier molecular flexibility index (Phi) is 15.1. The highest BCUT2D eigenvalue weighted by molar-refractivity contribution is 7.98. The van der Waals surface area contributed by atoms with Gasteiger partial charge in [-0.2, -0.15) is 0 Å². The first kappa shape index (κ1) is 25.4. The van der Waals surface area contributed by atoms with Crippen molar-refractivity contribution in [2.45, 2.75) is 66.2 Å². The molecule has 0 aliphatic rings. The van der Waals surface area contributed by atoms with E-state index in [1.54, 1.807) is 0 Å². The molecule has 0 heterocycles. The van der Waals surface area contributed by atoms with Gasteiger partial charge in [-0.05, 0) is 12.8 Å². The number of carbonyl (C=O) groups excluding carboxylic acids is 4. The van der Waals surface area contributed by atoms with E-state index in [4.69, 9.17) is 0 Å². The van der Waals surface area contributed by atoms with Gasteiger partial charge in [-0.15, -0.1) is 0 Å². The summed E-state index contributed by atoms with van der Waals surface area (Å²) in [4.78, 5) is 47.1. The van der Waals surface area contributed by atoms with Gasteiger partial charge in [-0.1, -0.05) is 27.7 Å². The molecule has 0 aromatic heterocycles. The highest BCUT2D eigenvalue weighted by Crippen LogP contribution is 2.10. The van der Waals surface area contributed by atoms with Gasteiger partial charge >= 0.3 is 0 Å². The summed E-state index contributed by atoms with van der Waals surface area (Å²) >= 11 is 0. The van der Waals surface area contributed by atoms with Crippen LogP contribution in [0.25, 0.3) is 0 Å². The summed E-state index contributed by atoms with van der Waals surface area (Å²) in [6, 6.07) is 0. The zero-order valence-corrected chi connectivity index (χ0v) is 18.6. The number of hydrogen-bond donors (Lipinski definition) is 0. The third-order valence-corrected chi connectivity index (χ3v) is 8.81. The van der Waals surface area contributed by atoms with Gasteiger partial charge in [0.15, 0.2) is 46.1 Å². The van der Waals surface area contributed by atoms with E-state index in [1.807, 2.05) is 27.7 Å². The second-order valence-corrected chi connectivity index (χ2v) is 10.9. The maximum atomic E-state index is 11.8. The monoisotopic (exact) mass is 404 g/mol. The molecule has 6 heteroatoms. The molecule has 0 aliphatic carbocycles. The van der Waals surface area contributed by atoms with Crippen molar-refractivity contribution in [3.63, 3.8) is 0 Å². The summed E-state index contributed by atoms with van der Waals surface area (Å²) in [5, 5.41) is 0. The summed E-state index contributed by atoms with van der Waals surface area (Å²) < 4.78 is 0. The van der Waals surface area contributed by atoms with Crippen LogP contribution in [-0.4, -0.2) is 57.7 Å². The van der Waals surface area contributed by atoms with Gasteiger partial charge < -0.3 is 0 Å². The minimum absolute atomic E-state index is 0.154. The van der Waals surface area contributed by atoms with E-state index >= 15 is 0 Å². The molecule has 0 bridgehead atoms. The van der Waals surface area contributed by atoms with Crippen LogP contribution in [0, 0.1) is 0 Å². The number of hydrogen-bond acceptors (Lipinski definition) is 4. The lowest BCUT2D eigenvalue weighted by atomic mass is 10.3. The average Bonchev–Trinajstić information content (AvgIpc) is 2.63. The van der Waals surface area contributed by atoms with Crippen LogP contribution >= 0.6 is 0 Å². The highest BCUT2D eigenvalue weighted by atomic mass is 32.2. The molecule has 0 rings (SSSR count). The molecular formula is C20H36O4S2+2. The maximum Gasteiger partial charge on any atom is 0.181 e. The summed E-state index contributed by atoms with van der Waals surface area (Å²) in [5.74, 6) is 4.84. The van der Waals surface area contributed by atoms with E-state index in [2.05, 4.69) is 0 Å². The first-order chi connectivity index (χ1) is 12.4. The normalized spacial score (nSPS) is 11.2. The molecule has 0 unspecified atom stereocenters. The molecule has 0 radical (unpaired) electrons. The third-order valence-electron chi connectivity index (χ3n) is 4.15. The number of Topliss-reactive ketones (excluding diaryl/α,β-unsaturated/α-hetero) is 4. The van der Waals surface area contributed by atoms with Crippen molar-refractivity contribution in [1.29, 1.82) is 0 Å². The molecule has 0 amide bonds. The van der Waals surface area contributed by atoms with Crippen LogP contribution in [0.2, 0.25) is 0 Å². The molecule has 150 valence electrons. The van der Waals surface area contributed by atoms with E-state index < -0.39 is 0 Å². The highest BCUT2D eigenvalue weighted by Gasteiger charge is 2.27. The fourth-order valence-electron chi connectivity index (χ4n) is 2.32. The van der Waals surface area contributed by atoms with Gasteiger partial charge in [0.25, 0.3) is 0 Å². The smallest absolute Gasteiger partial charge is 0.181 e. The lowest BCUT2D eigenvalue weighted by Crippen LogP contribution is -2.28. The van der Waals surface area contributed by atoms with Crippen LogP contribution in [-0.2, 0) is 41.0 Å². The molecule has 4 nitrogen and oxygen atoms in total. The topological polar surface area (TPSA) is 68.3 Å². The number of unbranched alkanes of at least 4 members (excludes halogenated alkanes) is 1. The predicted molar refractivity (Wildman–Crippen MR) is 114 cm³/mol. The van der Waals surface area contributed by atoms with Crippen molar-refractivity contribution in [2.75, 3.05) is 34.5 Å². The minimum Gasteiger partial charge on any atom is -0.294 e. The summed E-state index contributed by atoms with van der Waals surface area (Å²) in [5.41, 5.74) is 0. The molecule has 0 fully saturated rings. The fourth-order valence-corrected chi connectivity index (χ4v) is 6.97. The Hall–Kier alpha value is -0.620. The van der Waals surface area contributed by atoms with Gasteiger partial charge in [-0.3, -0.25) is 19.2 Å². The van der Waals surface area contributed by atoms with Crippen molar-refractivity contribution in [3.8, 4) is 0 Å². The second kappa shape index (κ2) is 15.4. The predicted octanol–water partition coefficient (Wildman–Crippen LogP) is 2.92. The van der Waals surface area contributed by atoms with Gasteiger partial charge in [0.05, 0.1) is 0 Å². The van der Waals surface area contributed by atoms with Gasteiger partial charge in [0.2, 0.25) is 0 Å². The molecule has 0 spiro atoms. The lowest BCUT2D eigenvalue weighted by Gasteiger charge is -2.09. The van der Waals surface area contributed by atoms with Crippen LogP contribution in [0.1, 0.15) is 66.2 Å². The standard InChI is InChI=1S/C20H36O4S2/c1-5-17(21)13-25(14-18(22)6-2)11-9-10-12-26(15-19(23)7-3)16-20(24)8-4/h5-16H2,1-4H3/q+2. The Morgan fingerprint density at radius 3 is 0.923 bits per heavy atom. The SMILES string of the molecule is CCC(=O)C[S+](CCCC[S+](CC(=O)CC)CC(=O)CC)CC(=O)CC. The zero-order chi connectivity index (χ0) is 19.9. The van der Waals surface area contributed by atoms with Gasteiger partial charge in [0.1, 0.15) is 11.5 Å². The Morgan fingerprint density at radius 2 is 0.731 bits per heavy atom. The molecule has 0 aromatic carbocycles. The summed E-state index contributed by atoms with van der Waals surface area (Å²) in [6.07, 6.45) is 4.05. The van der Waals surface area contributed by atoms with E-state index in [1.165, 1.54) is 0 Å². The molecule has 0 N–H and O–H groups in total. The minimum atomic E-state index is -0.154. The molecule has 0 saturated heterocycles. The lowest BCUT2D eigenvalue weighted by molar-refractivity contribution is -0.117. The number of carbonyl (C=O) groups is 4. The van der Waals surface area contributed by atoms with Crippen molar-refractivity contribution >= 4 is 44.9 Å². The van der Waals surface area contributed by atoms with Crippen molar-refractivity contribution < 1.29 is 19.2 Å². The first-order valence-corrected chi connectivity index (χ1v) is 13.2. The van der Waals surface area contributed by atoms with E-state index in [9.17, 15) is 19.2 Å². The average molecular weight is 405 g/mol. The Morgan fingerprint density at radius 1 is 0.500 bits per heavy atom. The zero-order valence-electron chi connectivity index (χ0n) is 16.9. The quantitative estimate of drug-likeness (QED) is 0.276. The molecule has 0 saturated carbocycles. The Balaban J connectivity index is 4.48. The molecule has 0 atom stereocenters. The third kappa shape index (κ3) is 12.7. The van der Waals surface area contributed by atoms with E-state index in [0.29, 0.717) is 48.7 Å². The molecular weight excluding hydrogens is 368 g/mol. The van der Waals surface area contributed by atoms with Crippen molar-refractivity contribution in [2.24, 2.45) is 0 Å². The maximum absolute atomic E-state index is 11.8. The van der Waals surface area contributed by atoms with Crippen molar-refractivity contribution in [3.05, 3.63) is 0 Å². The Labute approximate surface area is 165 Å². The van der Waals surface area contributed by atoms with Crippen LogP contribution in [0.3, 0.4) is 0 Å². The summed E-state index contributed by atoms with van der Waals surface area (Å²) in [7, 11) is -0.307. The summed E-state index contributed by atoms with van der Waals surface area (Å²) in [6.45, 7) is 7.47. The van der Waals surface area contributed by atoms with E-state index in [-0.39, 0.29) is 44.9 Å². The second-order valence-electron chi connectivity index (χ2n) is 6.49. The Bertz CT molecular complexity index is 385. The van der Waals surface area contributed by atoms with Crippen LogP contribution in [0.5, 0.6) is 0 Å². The van der Waals surface area contributed by atoms with Crippen LogP contribution in [0.15, 0.2) is 0 Å².